The van der Waals surface area contributed by atoms with Crippen molar-refractivity contribution in [1.82, 2.24) is 10.2 Å². The number of hydrogen-bond donors (Lipinski definition) is 3. The summed E-state index contributed by atoms with van der Waals surface area (Å²) in [6.45, 7) is 2.12. The maximum Gasteiger partial charge on any atom is 0.315 e. The predicted molar refractivity (Wildman–Crippen MR) is 93.8 cm³/mol. The highest BCUT2D eigenvalue weighted by atomic mass is 16.6. The van der Waals surface area contributed by atoms with Gasteiger partial charge in [-0.25, -0.2) is 5.10 Å². The Kier molecular flexibility index (Phi) is 4.83. The molecular formula is C16H15N5O6. The molecule has 1 aromatic heterocycles. The van der Waals surface area contributed by atoms with Crippen LogP contribution in [0.2, 0.25) is 0 Å². The number of benzene rings is 1. The van der Waals surface area contributed by atoms with Crippen LogP contribution >= 0.6 is 0 Å². The molecule has 2 heterocycles. The second-order valence-corrected chi connectivity index (χ2v) is 5.66. The molecule has 1 aliphatic rings. The first-order valence-electron chi connectivity index (χ1n) is 8.00. The molecular weight excluding hydrogens is 358 g/mol. The van der Waals surface area contributed by atoms with E-state index >= 15 is 0 Å². The smallest absolute Gasteiger partial charge is 0.315 e. The number of rotatable bonds is 5. The van der Waals surface area contributed by atoms with E-state index in [1.54, 1.807) is 6.92 Å². The summed E-state index contributed by atoms with van der Waals surface area (Å²) in [5, 5.41) is 22.5. The number of aromatic nitrogens is 2. The number of carbonyl (C=O) groups is 2. The van der Waals surface area contributed by atoms with E-state index in [1.165, 1.54) is 18.2 Å². The number of nitrogens with zero attached hydrogens (tertiary/aromatic N) is 2. The van der Waals surface area contributed by atoms with E-state index in [0.29, 0.717) is 11.3 Å². The summed E-state index contributed by atoms with van der Waals surface area (Å²) in [4.78, 5) is 46.1. The van der Waals surface area contributed by atoms with Gasteiger partial charge < -0.3 is 15.4 Å². The van der Waals surface area contributed by atoms with Crippen molar-refractivity contribution in [2.75, 3.05) is 23.8 Å². The van der Waals surface area contributed by atoms with Crippen LogP contribution in [0.25, 0.3) is 0 Å². The van der Waals surface area contributed by atoms with Crippen molar-refractivity contribution >= 4 is 28.9 Å². The van der Waals surface area contributed by atoms with E-state index in [1.807, 2.05) is 0 Å². The zero-order chi connectivity index (χ0) is 19.6. The number of aromatic amines is 1. The number of fused-ring (bicyclic) bond motifs is 1. The maximum atomic E-state index is 12.2. The third kappa shape index (κ3) is 3.61. The van der Waals surface area contributed by atoms with Crippen molar-refractivity contribution in [3.05, 3.63) is 56.0 Å². The second kappa shape index (κ2) is 7.23. The molecule has 1 amide bonds. The number of amides is 1. The summed E-state index contributed by atoms with van der Waals surface area (Å²) in [6, 6.07) is 4.94. The molecule has 0 radical (unpaired) electrons. The lowest BCUT2D eigenvalue weighted by Gasteiger charge is -2.11. The minimum atomic E-state index is -0.728. The Morgan fingerprint density at radius 2 is 2.19 bits per heavy atom. The van der Waals surface area contributed by atoms with E-state index in [0.717, 1.165) is 6.07 Å². The fraction of sp³-hybridized carbons (Fsp3) is 0.250. The summed E-state index contributed by atoms with van der Waals surface area (Å²) in [6.07, 6.45) is 0. The quantitative estimate of drug-likeness (QED) is 0.398. The number of nitro groups is 1. The van der Waals surface area contributed by atoms with Crippen molar-refractivity contribution in [2.45, 2.75) is 12.8 Å². The molecule has 0 fully saturated rings. The van der Waals surface area contributed by atoms with Crippen LogP contribution in [-0.2, 0) is 9.53 Å². The van der Waals surface area contributed by atoms with E-state index in [2.05, 4.69) is 20.8 Å². The number of hydrogen-bond acceptors (Lipinski definition) is 8. The van der Waals surface area contributed by atoms with Crippen LogP contribution in [0.5, 0.6) is 0 Å². The zero-order valence-corrected chi connectivity index (χ0v) is 14.1. The van der Waals surface area contributed by atoms with E-state index in [9.17, 15) is 24.5 Å². The van der Waals surface area contributed by atoms with Gasteiger partial charge in [0.15, 0.2) is 0 Å². The SMILES string of the molecule is CCOC(=O)C1CNc2cc(NC(=O)c3ccc(=O)[nH]n3)c([N+](=O)[O-])cc21. The third-order valence-electron chi connectivity index (χ3n) is 3.97. The van der Waals surface area contributed by atoms with Crippen molar-refractivity contribution in [3.63, 3.8) is 0 Å². The van der Waals surface area contributed by atoms with Crippen LogP contribution in [-0.4, -0.2) is 40.1 Å². The summed E-state index contributed by atoms with van der Waals surface area (Å²) in [5.41, 5.74) is -0.104. The Hall–Kier alpha value is -3.76. The normalized spacial score (nSPS) is 14.8. The van der Waals surface area contributed by atoms with Crippen LogP contribution in [0.3, 0.4) is 0 Å². The average Bonchev–Trinajstić information content (AvgIpc) is 3.04. The number of nitro benzene ring substituents is 1. The Morgan fingerprint density at radius 3 is 2.81 bits per heavy atom. The first-order valence-corrected chi connectivity index (χ1v) is 8.00. The zero-order valence-electron chi connectivity index (χ0n) is 14.1. The van der Waals surface area contributed by atoms with Gasteiger partial charge in [-0.1, -0.05) is 0 Å². The van der Waals surface area contributed by atoms with Gasteiger partial charge in [-0.05, 0) is 24.6 Å². The first-order chi connectivity index (χ1) is 12.9. The van der Waals surface area contributed by atoms with Crippen LogP contribution < -0.4 is 16.2 Å². The lowest BCUT2D eigenvalue weighted by atomic mass is 10.00. The number of esters is 1. The predicted octanol–water partition coefficient (Wildman–Crippen LogP) is 1.00. The molecule has 0 saturated heterocycles. The summed E-state index contributed by atoms with van der Waals surface area (Å²) < 4.78 is 4.99. The minimum Gasteiger partial charge on any atom is -0.465 e. The van der Waals surface area contributed by atoms with E-state index in [4.69, 9.17) is 4.74 Å². The molecule has 1 unspecified atom stereocenters. The standard InChI is InChI=1S/C16H15N5O6/c1-2-27-16(24)9-7-17-11-6-12(13(21(25)26)5-8(9)11)18-15(23)10-3-4-14(22)20-19-10/h3-6,9,17H,2,7H2,1H3,(H,18,23)(H,20,22). The molecule has 1 aliphatic heterocycles. The summed E-state index contributed by atoms with van der Waals surface area (Å²) in [7, 11) is 0. The third-order valence-corrected chi connectivity index (χ3v) is 3.97. The van der Waals surface area contributed by atoms with Crippen LogP contribution in [0.15, 0.2) is 29.1 Å². The molecule has 0 aliphatic carbocycles. The number of H-pyrrole nitrogens is 1. The van der Waals surface area contributed by atoms with Gasteiger partial charge in [0.25, 0.3) is 17.2 Å². The molecule has 3 N–H and O–H groups in total. The van der Waals surface area contributed by atoms with Crippen molar-refractivity contribution in [2.24, 2.45) is 0 Å². The number of nitrogens with one attached hydrogen (secondary N) is 3. The Balaban J connectivity index is 1.93. The number of carbonyl (C=O) groups excluding carboxylic acids is 2. The fourth-order valence-corrected chi connectivity index (χ4v) is 2.73. The van der Waals surface area contributed by atoms with Gasteiger partial charge in [-0.3, -0.25) is 24.5 Å². The molecule has 0 saturated carbocycles. The maximum absolute atomic E-state index is 12.2. The minimum absolute atomic E-state index is 0.0613. The van der Waals surface area contributed by atoms with Crippen LogP contribution in [0.1, 0.15) is 28.9 Å². The Bertz CT molecular complexity index is 965. The average molecular weight is 373 g/mol. The molecule has 27 heavy (non-hydrogen) atoms. The van der Waals surface area contributed by atoms with Crippen LogP contribution in [0.4, 0.5) is 17.1 Å². The Morgan fingerprint density at radius 1 is 1.41 bits per heavy atom. The van der Waals surface area contributed by atoms with Gasteiger partial charge in [-0.15, -0.1) is 0 Å². The van der Waals surface area contributed by atoms with Crippen molar-refractivity contribution in [3.8, 4) is 0 Å². The highest BCUT2D eigenvalue weighted by Gasteiger charge is 2.33. The molecule has 140 valence electrons. The van der Waals surface area contributed by atoms with Gasteiger partial charge in [0.05, 0.1) is 11.5 Å². The lowest BCUT2D eigenvalue weighted by Crippen LogP contribution is -2.18. The largest absolute Gasteiger partial charge is 0.465 e. The van der Waals surface area contributed by atoms with E-state index < -0.39 is 28.3 Å². The van der Waals surface area contributed by atoms with Gasteiger partial charge >= 0.3 is 5.97 Å². The summed E-state index contributed by atoms with van der Waals surface area (Å²) in [5.74, 6) is -1.87. The van der Waals surface area contributed by atoms with Crippen LogP contribution in [0, 0.1) is 10.1 Å². The number of anilines is 2. The topological polar surface area (TPSA) is 156 Å². The van der Waals surface area contributed by atoms with Gasteiger partial charge in [-0.2, -0.15) is 5.10 Å². The second-order valence-electron chi connectivity index (χ2n) is 5.66. The van der Waals surface area contributed by atoms with Gasteiger partial charge in [0.1, 0.15) is 17.3 Å². The molecule has 1 atom stereocenters. The van der Waals surface area contributed by atoms with Gasteiger partial charge in [0, 0.05) is 24.4 Å². The lowest BCUT2D eigenvalue weighted by molar-refractivity contribution is -0.384. The van der Waals surface area contributed by atoms with Crippen molar-refractivity contribution in [1.29, 1.82) is 0 Å². The summed E-state index contributed by atoms with van der Waals surface area (Å²) >= 11 is 0. The van der Waals surface area contributed by atoms with E-state index in [-0.39, 0.29) is 30.2 Å². The molecule has 11 heteroatoms. The van der Waals surface area contributed by atoms with Gasteiger partial charge in [0.2, 0.25) is 0 Å². The fourth-order valence-electron chi connectivity index (χ4n) is 2.73. The molecule has 2 aromatic rings. The molecule has 11 nitrogen and oxygen atoms in total. The molecule has 1 aromatic carbocycles. The Labute approximate surface area is 151 Å². The first kappa shape index (κ1) is 18.0. The molecule has 3 rings (SSSR count). The molecule has 0 bridgehead atoms. The molecule has 0 spiro atoms. The highest BCUT2D eigenvalue weighted by molar-refractivity contribution is 6.04. The van der Waals surface area contributed by atoms with Crippen molar-refractivity contribution < 1.29 is 19.2 Å². The monoisotopic (exact) mass is 373 g/mol. The highest BCUT2D eigenvalue weighted by Crippen LogP contribution is 2.39. The number of ether oxygens (including phenoxy) is 1.